The van der Waals surface area contributed by atoms with Gasteiger partial charge in [-0.3, -0.25) is 0 Å². The fraction of sp³-hybridized carbons (Fsp3) is 0.455. The van der Waals surface area contributed by atoms with E-state index in [2.05, 4.69) is 0 Å². The molecule has 0 saturated heterocycles. The Morgan fingerprint density at radius 3 is 1.79 bits per heavy atom. The highest BCUT2D eigenvalue weighted by molar-refractivity contribution is 5.49. The van der Waals surface area contributed by atoms with Crippen LogP contribution in [0.25, 0.3) is 0 Å². The Labute approximate surface area is 105 Å². The lowest BCUT2D eigenvalue weighted by molar-refractivity contribution is -0.376. The van der Waals surface area contributed by atoms with E-state index in [1.165, 1.54) is 25.1 Å². The SMILES string of the molecule is CN(C)c1cccc(C(O)(C(F)(F)F)C(F)(F)F)c1. The maximum absolute atomic E-state index is 12.6. The molecule has 1 aromatic carbocycles. The van der Waals surface area contributed by atoms with Crippen molar-refractivity contribution in [3.05, 3.63) is 29.8 Å². The number of rotatable bonds is 2. The van der Waals surface area contributed by atoms with Crippen LogP contribution in [0.5, 0.6) is 0 Å². The van der Waals surface area contributed by atoms with Crippen molar-refractivity contribution in [3.63, 3.8) is 0 Å². The number of benzene rings is 1. The van der Waals surface area contributed by atoms with Gasteiger partial charge >= 0.3 is 12.4 Å². The monoisotopic (exact) mass is 287 g/mol. The summed E-state index contributed by atoms with van der Waals surface area (Å²) in [6.45, 7) is 0. The Morgan fingerprint density at radius 2 is 1.42 bits per heavy atom. The molecule has 0 amide bonds. The Bertz CT molecular complexity index is 437. The molecule has 2 nitrogen and oxygen atoms in total. The lowest BCUT2D eigenvalue weighted by atomic mass is 9.92. The van der Waals surface area contributed by atoms with E-state index < -0.39 is 23.5 Å². The second-order valence-electron chi connectivity index (χ2n) is 4.15. The molecule has 0 bridgehead atoms. The van der Waals surface area contributed by atoms with Crippen LogP contribution in [0.2, 0.25) is 0 Å². The molecule has 0 spiro atoms. The lowest BCUT2D eigenvalue weighted by Crippen LogP contribution is -2.53. The molecule has 0 aliphatic rings. The molecular formula is C11H11F6NO. The van der Waals surface area contributed by atoms with E-state index in [1.807, 2.05) is 0 Å². The molecule has 0 aromatic heterocycles. The fourth-order valence-electron chi connectivity index (χ4n) is 1.50. The summed E-state index contributed by atoms with van der Waals surface area (Å²) in [5.74, 6) is 0. The van der Waals surface area contributed by atoms with Crippen molar-refractivity contribution in [2.24, 2.45) is 0 Å². The summed E-state index contributed by atoms with van der Waals surface area (Å²) in [6, 6.07) is 3.60. The minimum atomic E-state index is -5.86. The van der Waals surface area contributed by atoms with Gasteiger partial charge in [-0.2, -0.15) is 26.3 Å². The van der Waals surface area contributed by atoms with Crippen molar-refractivity contribution in [1.82, 2.24) is 0 Å². The van der Waals surface area contributed by atoms with Crippen molar-refractivity contribution in [2.45, 2.75) is 18.0 Å². The second-order valence-corrected chi connectivity index (χ2v) is 4.15. The molecule has 1 N–H and O–H groups in total. The van der Waals surface area contributed by atoms with Gasteiger partial charge in [0, 0.05) is 25.3 Å². The van der Waals surface area contributed by atoms with Gasteiger partial charge in [0.15, 0.2) is 0 Å². The zero-order valence-corrected chi connectivity index (χ0v) is 9.97. The van der Waals surface area contributed by atoms with Crippen LogP contribution < -0.4 is 4.90 Å². The smallest absolute Gasteiger partial charge is 0.378 e. The van der Waals surface area contributed by atoms with Crippen LogP contribution in [0.4, 0.5) is 32.0 Å². The van der Waals surface area contributed by atoms with Crippen LogP contribution in [0.3, 0.4) is 0 Å². The Hall–Kier alpha value is -1.44. The molecule has 1 rings (SSSR count). The summed E-state index contributed by atoms with van der Waals surface area (Å²) in [7, 11) is 2.92. The zero-order valence-electron chi connectivity index (χ0n) is 9.97. The summed E-state index contributed by atoms with van der Waals surface area (Å²) in [5.41, 5.74) is -6.03. The molecule has 19 heavy (non-hydrogen) atoms. The molecule has 0 atom stereocenters. The first kappa shape index (κ1) is 15.6. The van der Waals surface area contributed by atoms with E-state index in [0.717, 1.165) is 6.07 Å². The number of hydrogen-bond donors (Lipinski definition) is 1. The average Bonchev–Trinajstić information content (AvgIpc) is 2.25. The average molecular weight is 287 g/mol. The fourth-order valence-corrected chi connectivity index (χ4v) is 1.50. The van der Waals surface area contributed by atoms with Gasteiger partial charge < -0.3 is 10.0 Å². The molecule has 0 heterocycles. The largest absolute Gasteiger partial charge is 0.430 e. The summed E-state index contributed by atoms with van der Waals surface area (Å²) < 4.78 is 75.8. The van der Waals surface area contributed by atoms with Crippen molar-refractivity contribution in [2.75, 3.05) is 19.0 Å². The Morgan fingerprint density at radius 1 is 0.947 bits per heavy atom. The molecule has 0 unspecified atom stereocenters. The van der Waals surface area contributed by atoms with Crippen molar-refractivity contribution < 1.29 is 31.4 Å². The number of halogens is 6. The predicted octanol–water partition coefficient (Wildman–Crippen LogP) is 3.06. The van der Waals surface area contributed by atoms with Gasteiger partial charge in [0.25, 0.3) is 5.60 Å². The molecular weight excluding hydrogens is 276 g/mol. The normalized spacial score (nSPS) is 13.5. The number of nitrogens with zero attached hydrogens (tertiary/aromatic N) is 1. The van der Waals surface area contributed by atoms with Gasteiger partial charge in [0.05, 0.1) is 0 Å². The van der Waals surface area contributed by atoms with E-state index in [1.54, 1.807) is 0 Å². The Balaban J connectivity index is 3.48. The molecule has 108 valence electrons. The Kier molecular flexibility index (Phi) is 3.77. The minimum absolute atomic E-state index is 0.115. The highest BCUT2D eigenvalue weighted by atomic mass is 19.4. The van der Waals surface area contributed by atoms with Gasteiger partial charge in [-0.05, 0) is 12.1 Å². The van der Waals surface area contributed by atoms with Crippen molar-refractivity contribution >= 4 is 5.69 Å². The predicted molar refractivity (Wildman–Crippen MR) is 56.8 cm³/mol. The van der Waals surface area contributed by atoms with Gasteiger partial charge in [-0.1, -0.05) is 12.1 Å². The maximum Gasteiger partial charge on any atom is 0.430 e. The van der Waals surface area contributed by atoms with Crippen LogP contribution in [0.15, 0.2) is 24.3 Å². The lowest BCUT2D eigenvalue weighted by Gasteiger charge is -2.33. The third-order valence-corrected chi connectivity index (χ3v) is 2.60. The molecule has 0 aliphatic carbocycles. The third kappa shape index (κ3) is 2.63. The molecule has 0 aliphatic heterocycles. The molecule has 1 aromatic rings. The molecule has 0 saturated carbocycles. The first-order valence-corrected chi connectivity index (χ1v) is 5.05. The zero-order chi connectivity index (χ0) is 15.1. The number of aliphatic hydroxyl groups is 1. The van der Waals surface area contributed by atoms with Crippen LogP contribution in [-0.2, 0) is 5.60 Å². The van der Waals surface area contributed by atoms with Gasteiger partial charge in [0.1, 0.15) is 0 Å². The van der Waals surface area contributed by atoms with E-state index in [-0.39, 0.29) is 5.69 Å². The van der Waals surface area contributed by atoms with E-state index in [4.69, 9.17) is 0 Å². The molecule has 8 heteroatoms. The van der Waals surface area contributed by atoms with Crippen molar-refractivity contribution in [3.8, 4) is 0 Å². The van der Waals surface area contributed by atoms with E-state index in [0.29, 0.717) is 12.1 Å². The molecule has 0 radical (unpaired) electrons. The van der Waals surface area contributed by atoms with Crippen LogP contribution >= 0.6 is 0 Å². The van der Waals surface area contributed by atoms with Gasteiger partial charge in [-0.25, -0.2) is 0 Å². The highest BCUT2D eigenvalue weighted by Gasteiger charge is 2.71. The van der Waals surface area contributed by atoms with Crippen molar-refractivity contribution in [1.29, 1.82) is 0 Å². The van der Waals surface area contributed by atoms with Crippen LogP contribution in [0, 0.1) is 0 Å². The number of alkyl halides is 6. The summed E-state index contributed by atoms with van der Waals surface area (Å²) in [6.07, 6.45) is -11.7. The summed E-state index contributed by atoms with van der Waals surface area (Å²) in [5, 5.41) is 9.19. The second kappa shape index (κ2) is 4.59. The summed E-state index contributed by atoms with van der Waals surface area (Å²) in [4.78, 5) is 1.33. The van der Waals surface area contributed by atoms with Crippen LogP contribution in [-0.4, -0.2) is 31.6 Å². The van der Waals surface area contributed by atoms with E-state index >= 15 is 0 Å². The maximum atomic E-state index is 12.6. The minimum Gasteiger partial charge on any atom is -0.378 e. The third-order valence-electron chi connectivity index (χ3n) is 2.60. The quantitative estimate of drug-likeness (QED) is 0.845. The van der Waals surface area contributed by atoms with E-state index in [9.17, 15) is 31.4 Å². The molecule has 0 fully saturated rings. The van der Waals surface area contributed by atoms with Crippen LogP contribution in [0.1, 0.15) is 5.56 Å². The first-order chi connectivity index (χ1) is 8.41. The number of hydrogen-bond acceptors (Lipinski definition) is 2. The van der Waals surface area contributed by atoms with Gasteiger partial charge in [0.2, 0.25) is 0 Å². The standard InChI is InChI=1S/C11H11F6NO/c1-18(2)8-5-3-4-7(6-8)9(19,10(12,13)14)11(15,16)17/h3-6,19H,1-2H3. The van der Waals surface area contributed by atoms with Gasteiger partial charge in [-0.15, -0.1) is 0 Å². The summed E-state index contributed by atoms with van der Waals surface area (Å²) >= 11 is 0. The topological polar surface area (TPSA) is 23.5 Å². The highest BCUT2D eigenvalue weighted by Crippen LogP contribution is 2.50. The first-order valence-electron chi connectivity index (χ1n) is 5.05. The number of anilines is 1.